The highest BCUT2D eigenvalue weighted by Gasteiger charge is 2.54. The zero-order chi connectivity index (χ0) is 23.9. The molecule has 8 nitrogen and oxygen atoms in total. The summed E-state index contributed by atoms with van der Waals surface area (Å²) in [4.78, 5) is 42.8. The molecule has 0 aromatic heterocycles. The third-order valence-electron chi connectivity index (χ3n) is 7.31. The number of nitrogens with one attached hydrogen (secondary N) is 1. The summed E-state index contributed by atoms with van der Waals surface area (Å²) in [5, 5.41) is 2.93. The predicted molar refractivity (Wildman–Crippen MR) is 125 cm³/mol. The van der Waals surface area contributed by atoms with E-state index in [0.29, 0.717) is 24.5 Å². The van der Waals surface area contributed by atoms with Crippen LogP contribution in [0.3, 0.4) is 0 Å². The topological polar surface area (TPSA) is 88.2 Å². The minimum absolute atomic E-state index is 0.206. The molecule has 2 heterocycles. The van der Waals surface area contributed by atoms with Crippen LogP contribution < -0.4 is 14.8 Å². The van der Waals surface area contributed by atoms with Crippen LogP contribution in [-0.2, 0) is 21.5 Å². The molecule has 0 unspecified atom stereocenters. The molecule has 34 heavy (non-hydrogen) atoms. The van der Waals surface area contributed by atoms with Crippen molar-refractivity contribution in [2.45, 2.75) is 43.7 Å². The fourth-order valence-corrected chi connectivity index (χ4v) is 5.67. The molecular formula is C26H29N3O5. The number of imide groups is 1. The van der Waals surface area contributed by atoms with Crippen LogP contribution in [0.2, 0.25) is 0 Å². The Balaban J connectivity index is 1.39. The van der Waals surface area contributed by atoms with Gasteiger partial charge in [-0.3, -0.25) is 14.5 Å². The van der Waals surface area contributed by atoms with E-state index in [1.165, 1.54) is 0 Å². The van der Waals surface area contributed by atoms with Crippen molar-refractivity contribution in [3.63, 3.8) is 0 Å². The minimum Gasteiger partial charge on any atom is -0.497 e. The molecule has 0 bridgehead atoms. The number of nitrogens with zero attached hydrogens (tertiary/aromatic N) is 2. The van der Waals surface area contributed by atoms with E-state index in [-0.39, 0.29) is 24.4 Å². The van der Waals surface area contributed by atoms with E-state index in [1.54, 1.807) is 19.1 Å². The quantitative estimate of drug-likeness (QED) is 0.689. The van der Waals surface area contributed by atoms with Crippen LogP contribution >= 0.6 is 0 Å². The number of rotatable bonds is 5. The van der Waals surface area contributed by atoms with Crippen molar-refractivity contribution in [3.05, 3.63) is 59.2 Å². The number of fused-ring (bicyclic) bond motifs is 2. The molecule has 2 aliphatic heterocycles. The summed E-state index contributed by atoms with van der Waals surface area (Å²) in [5.41, 5.74) is 1.70. The minimum atomic E-state index is -1.08. The third-order valence-corrected chi connectivity index (χ3v) is 7.31. The van der Waals surface area contributed by atoms with Gasteiger partial charge in [0.2, 0.25) is 5.91 Å². The Hall–Kier alpha value is -3.55. The molecule has 2 fully saturated rings. The zero-order valence-corrected chi connectivity index (χ0v) is 19.5. The van der Waals surface area contributed by atoms with E-state index in [0.717, 1.165) is 47.3 Å². The van der Waals surface area contributed by atoms with Crippen molar-refractivity contribution in [3.8, 4) is 11.5 Å². The third kappa shape index (κ3) is 3.48. The van der Waals surface area contributed by atoms with Crippen LogP contribution in [0.4, 0.5) is 4.79 Å². The number of benzene rings is 2. The Kier molecular flexibility index (Phi) is 5.67. The normalized spacial score (nSPS) is 23.8. The Labute approximate surface area is 198 Å². The first-order valence-corrected chi connectivity index (χ1v) is 11.7. The Morgan fingerprint density at radius 1 is 1.12 bits per heavy atom. The van der Waals surface area contributed by atoms with Crippen molar-refractivity contribution < 1.29 is 23.9 Å². The maximum atomic E-state index is 13.6. The number of hydrogen-bond acceptors (Lipinski definition) is 5. The number of aryl methyl sites for hydroxylation is 1. The van der Waals surface area contributed by atoms with E-state index in [9.17, 15) is 14.4 Å². The van der Waals surface area contributed by atoms with Crippen molar-refractivity contribution in [2.24, 2.45) is 0 Å². The molecule has 0 radical (unpaired) electrons. The number of likely N-dealkylation sites (tertiary alicyclic amines) is 1. The van der Waals surface area contributed by atoms with Gasteiger partial charge in [-0.25, -0.2) is 4.79 Å². The van der Waals surface area contributed by atoms with Gasteiger partial charge in [-0.1, -0.05) is 24.3 Å². The number of hydrogen-bond donors (Lipinski definition) is 1. The van der Waals surface area contributed by atoms with Crippen LogP contribution in [0, 0.1) is 0 Å². The molecule has 2 aromatic carbocycles. The summed E-state index contributed by atoms with van der Waals surface area (Å²) in [7, 11) is 3.20. The lowest BCUT2D eigenvalue weighted by molar-refractivity contribution is -0.140. The first-order valence-electron chi connectivity index (χ1n) is 11.7. The maximum absolute atomic E-state index is 13.6. The summed E-state index contributed by atoms with van der Waals surface area (Å²) in [6, 6.07) is 12.6. The molecule has 1 aliphatic carbocycles. The summed E-state index contributed by atoms with van der Waals surface area (Å²) in [5.74, 6) is 0.769. The molecule has 178 valence electrons. The van der Waals surface area contributed by atoms with E-state index in [1.807, 2.05) is 42.5 Å². The number of amides is 4. The maximum Gasteiger partial charge on any atom is 0.325 e. The molecule has 4 amide bonds. The molecule has 8 heteroatoms. The predicted octanol–water partition coefficient (Wildman–Crippen LogP) is 3.15. The smallest absolute Gasteiger partial charge is 0.325 e. The fraction of sp³-hybridized carbons (Fsp3) is 0.423. The Morgan fingerprint density at radius 2 is 1.94 bits per heavy atom. The van der Waals surface area contributed by atoms with Gasteiger partial charge in [-0.05, 0) is 61.4 Å². The van der Waals surface area contributed by atoms with E-state index < -0.39 is 11.6 Å². The highest BCUT2D eigenvalue weighted by atomic mass is 16.5. The SMILES string of the molecule is COc1ccc(OC)c([C@H]2CCCN2C(=O)CN2C(=O)N[C@@]3(CCCc4ccccc43)C2=O)c1. The molecule has 3 aliphatic rings. The first-order chi connectivity index (χ1) is 16.5. The fourth-order valence-electron chi connectivity index (χ4n) is 5.67. The second-order valence-electron chi connectivity index (χ2n) is 9.09. The Morgan fingerprint density at radius 3 is 2.74 bits per heavy atom. The van der Waals surface area contributed by atoms with Gasteiger partial charge in [0.1, 0.15) is 23.6 Å². The van der Waals surface area contributed by atoms with Gasteiger partial charge in [0.05, 0.1) is 20.3 Å². The van der Waals surface area contributed by atoms with E-state index in [4.69, 9.17) is 9.47 Å². The lowest BCUT2D eigenvalue weighted by Gasteiger charge is -2.33. The molecule has 2 atom stereocenters. The van der Waals surface area contributed by atoms with Crippen molar-refractivity contribution in [2.75, 3.05) is 27.3 Å². The highest BCUT2D eigenvalue weighted by Crippen LogP contribution is 2.41. The van der Waals surface area contributed by atoms with Crippen molar-refractivity contribution in [1.29, 1.82) is 0 Å². The van der Waals surface area contributed by atoms with Gasteiger partial charge in [0.15, 0.2) is 0 Å². The molecular weight excluding hydrogens is 434 g/mol. The van der Waals surface area contributed by atoms with E-state index >= 15 is 0 Å². The van der Waals surface area contributed by atoms with Crippen molar-refractivity contribution >= 4 is 17.8 Å². The zero-order valence-electron chi connectivity index (χ0n) is 19.5. The number of carbonyl (C=O) groups excluding carboxylic acids is 3. The van der Waals surface area contributed by atoms with Crippen molar-refractivity contribution in [1.82, 2.24) is 15.1 Å². The van der Waals surface area contributed by atoms with Crippen LogP contribution in [0.1, 0.15) is 48.4 Å². The second kappa shape index (κ2) is 8.66. The summed E-state index contributed by atoms with van der Waals surface area (Å²) >= 11 is 0. The van der Waals surface area contributed by atoms with Gasteiger partial charge in [0.25, 0.3) is 5.91 Å². The molecule has 2 saturated heterocycles. The van der Waals surface area contributed by atoms with Gasteiger partial charge in [-0.2, -0.15) is 0 Å². The van der Waals surface area contributed by atoms with Crippen LogP contribution in [0.5, 0.6) is 11.5 Å². The first kappa shape index (κ1) is 22.3. The van der Waals surface area contributed by atoms with Crippen LogP contribution in [0.25, 0.3) is 0 Å². The molecule has 5 rings (SSSR count). The van der Waals surface area contributed by atoms with Gasteiger partial charge in [-0.15, -0.1) is 0 Å². The summed E-state index contributed by atoms with van der Waals surface area (Å²) < 4.78 is 10.9. The molecule has 0 saturated carbocycles. The van der Waals surface area contributed by atoms with Crippen LogP contribution in [0.15, 0.2) is 42.5 Å². The largest absolute Gasteiger partial charge is 0.497 e. The summed E-state index contributed by atoms with van der Waals surface area (Å²) in [6.07, 6.45) is 3.81. The molecule has 2 aromatic rings. The standard InChI is InChI=1S/C26H29N3O5/c1-33-18-11-12-22(34-2)19(15-18)21-10-6-14-28(21)23(30)16-29-24(31)26(27-25(29)32)13-5-8-17-7-3-4-9-20(17)26/h3-4,7,9,11-12,15,21H,5-6,8,10,13-14,16H2,1-2H3,(H,27,32)/t21-,26-/m1/s1. The second-order valence-corrected chi connectivity index (χ2v) is 9.09. The lowest BCUT2D eigenvalue weighted by atomic mass is 9.76. The lowest BCUT2D eigenvalue weighted by Crippen LogP contribution is -2.47. The number of carbonyl (C=O) groups is 3. The number of methoxy groups -OCH3 is 2. The summed E-state index contributed by atoms with van der Waals surface area (Å²) in [6.45, 7) is 0.277. The Bertz CT molecular complexity index is 1150. The highest BCUT2D eigenvalue weighted by molar-refractivity contribution is 6.09. The molecule has 1 spiro atoms. The number of urea groups is 1. The van der Waals surface area contributed by atoms with Crippen LogP contribution in [-0.4, -0.2) is 55.0 Å². The monoisotopic (exact) mass is 463 g/mol. The molecule has 1 N–H and O–H groups in total. The number of ether oxygens (including phenoxy) is 2. The average molecular weight is 464 g/mol. The van der Waals surface area contributed by atoms with Gasteiger partial charge in [0, 0.05) is 12.1 Å². The van der Waals surface area contributed by atoms with E-state index in [2.05, 4.69) is 5.32 Å². The van der Waals surface area contributed by atoms with Gasteiger partial charge >= 0.3 is 6.03 Å². The average Bonchev–Trinajstić information content (AvgIpc) is 3.44. The van der Waals surface area contributed by atoms with Gasteiger partial charge < -0.3 is 19.7 Å².